The molecule has 90 valence electrons. The summed E-state index contributed by atoms with van der Waals surface area (Å²) in [6.07, 6.45) is 4.76. The second kappa shape index (κ2) is 4.83. The molecule has 0 saturated heterocycles. The maximum atomic E-state index is 13.6. The Labute approximate surface area is 100 Å². The van der Waals surface area contributed by atoms with Crippen molar-refractivity contribution < 1.29 is 8.78 Å². The summed E-state index contributed by atoms with van der Waals surface area (Å²) >= 11 is 0. The minimum atomic E-state index is -0.568. The van der Waals surface area contributed by atoms with Gasteiger partial charge in [0.15, 0.2) is 0 Å². The van der Waals surface area contributed by atoms with Gasteiger partial charge in [-0.3, -0.25) is 0 Å². The molecule has 1 aliphatic rings. The van der Waals surface area contributed by atoms with Gasteiger partial charge in [-0.05, 0) is 31.4 Å². The zero-order chi connectivity index (χ0) is 12.3. The molecule has 0 aliphatic heterocycles. The number of halogens is 2. The maximum absolute atomic E-state index is 13.6. The van der Waals surface area contributed by atoms with Gasteiger partial charge in [0.2, 0.25) is 0 Å². The third-order valence-electron chi connectivity index (χ3n) is 3.62. The third-order valence-corrected chi connectivity index (χ3v) is 3.62. The minimum absolute atomic E-state index is 0.0657. The fourth-order valence-corrected chi connectivity index (χ4v) is 2.60. The van der Waals surface area contributed by atoms with Crippen LogP contribution in [0.3, 0.4) is 0 Å². The van der Waals surface area contributed by atoms with Crippen molar-refractivity contribution >= 4 is 0 Å². The normalized spacial score (nSPS) is 18.6. The lowest BCUT2D eigenvalue weighted by atomic mass is 9.71. The molecule has 0 amide bonds. The molecule has 0 aromatic heterocycles. The molecule has 17 heavy (non-hydrogen) atoms. The van der Waals surface area contributed by atoms with Crippen LogP contribution in [0.4, 0.5) is 8.78 Å². The highest BCUT2D eigenvalue weighted by atomic mass is 19.1. The Bertz CT molecular complexity index is 422. The zero-order valence-corrected chi connectivity index (χ0v) is 9.68. The monoisotopic (exact) mass is 235 g/mol. The molecule has 0 spiro atoms. The van der Waals surface area contributed by atoms with Crippen LogP contribution in [0.1, 0.15) is 37.7 Å². The fourth-order valence-electron chi connectivity index (χ4n) is 2.60. The van der Waals surface area contributed by atoms with E-state index in [4.69, 9.17) is 0 Å². The highest BCUT2D eigenvalue weighted by Gasteiger charge is 2.33. The van der Waals surface area contributed by atoms with Crippen molar-refractivity contribution in [3.05, 3.63) is 35.4 Å². The van der Waals surface area contributed by atoms with Gasteiger partial charge in [0.05, 0.1) is 11.5 Å². The number of hydrogen-bond donors (Lipinski definition) is 0. The topological polar surface area (TPSA) is 23.8 Å². The second-order valence-electron chi connectivity index (χ2n) is 4.83. The van der Waals surface area contributed by atoms with Crippen molar-refractivity contribution in [2.24, 2.45) is 5.41 Å². The van der Waals surface area contributed by atoms with Crippen molar-refractivity contribution in [2.45, 2.75) is 38.5 Å². The molecule has 0 radical (unpaired) electrons. The first-order valence-electron chi connectivity index (χ1n) is 6.01. The Morgan fingerprint density at radius 3 is 2.24 bits per heavy atom. The Balaban J connectivity index is 2.27. The van der Waals surface area contributed by atoms with Gasteiger partial charge in [-0.15, -0.1) is 0 Å². The number of nitriles is 1. The van der Waals surface area contributed by atoms with Gasteiger partial charge in [-0.25, -0.2) is 8.78 Å². The van der Waals surface area contributed by atoms with E-state index in [0.717, 1.165) is 32.1 Å². The van der Waals surface area contributed by atoms with Crippen LogP contribution in [0.5, 0.6) is 0 Å². The Hall–Kier alpha value is -1.43. The van der Waals surface area contributed by atoms with E-state index in [9.17, 15) is 14.0 Å². The van der Waals surface area contributed by atoms with E-state index >= 15 is 0 Å². The van der Waals surface area contributed by atoms with E-state index in [1.165, 1.54) is 18.2 Å². The molecule has 2 rings (SSSR count). The van der Waals surface area contributed by atoms with Gasteiger partial charge in [-0.1, -0.05) is 25.3 Å². The Morgan fingerprint density at radius 2 is 1.71 bits per heavy atom. The number of nitrogens with zero attached hydrogens (tertiary/aromatic N) is 1. The van der Waals surface area contributed by atoms with Crippen LogP contribution in [0, 0.1) is 28.4 Å². The van der Waals surface area contributed by atoms with E-state index in [1.54, 1.807) is 0 Å². The van der Waals surface area contributed by atoms with E-state index in [2.05, 4.69) is 6.07 Å². The highest BCUT2D eigenvalue weighted by Crippen LogP contribution is 2.39. The van der Waals surface area contributed by atoms with Crippen LogP contribution >= 0.6 is 0 Å². The molecule has 0 N–H and O–H groups in total. The fraction of sp³-hybridized carbons (Fsp3) is 0.500. The number of benzene rings is 1. The molecule has 1 aromatic rings. The van der Waals surface area contributed by atoms with Crippen molar-refractivity contribution in [3.63, 3.8) is 0 Å². The quantitative estimate of drug-likeness (QED) is 0.760. The predicted octanol–water partition coefficient (Wildman–Crippen LogP) is 3.98. The van der Waals surface area contributed by atoms with Crippen LogP contribution < -0.4 is 0 Å². The third kappa shape index (κ3) is 2.46. The number of hydrogen-bond acceptors (Lipinski definition) is 1. The Kier molecular flexibility index (Phi) is 3.42. The van der Waals surface area contributed by atoms with Crippen LogP contribution in [-0.4, -0.2) is 0 Å². The molecule has 1 aliphatic carbocycles. The minimum Gasteiger partial charge on any atom is -0.207 e. The average Bonchev–Trinajstić information content (AvgIpc) is 2.35. The average molecular weight is 235 g/mol. The molecule has 1 nitrogen and oxygen atoms in total. The van der Waals surface area contributed by atoms with Gasteiger partial charge in [0, 0.05) is 5.56 Å². The van der Waals surface area contributed by atoms with E-state index in [-0.39, 0.29) is 12.0 Å². The Morgan fingerprint density at radius 1 is 1.12 bits per heavy atom. The van der Waals surface area contributed by atoms with Crippen LogP contribution in [0.15, 0.2) is 18.2 Å². The lowest BCUT2D eigenvalue weighted by molar-refractivity contribution is 0.260. The van der Waals surface area contributed by atoms with Crippen LogP contribution in [0.2, 0.25) is 0 Å². The molecule has 0 atom stereocenters. The van der Waals surface area contributed by atoms with Gasteiger partial charge >= 0.3 is 0 Å². The molecular weight excluding hydrogens is 220 g/mol. The number of rotatable bonds is 2. The largest absolute Gasteiger partial charge is 0.207 e. The van der Waals surface area contributed by atoms with Crippen LogP contribution in [-0.2, 0) is 6.42 Å². The lowest BCUT2D eigenvalue weighted by Crippen LogP contribution is -2.25. The molecule has 1 fully saturated rings. The summed E-state index contributed by atoms with van der Waals surface area (Å²) in [6.45, 7) is 0. The standard InChI is InChI=1S/C14H15F2N/c15-12-5-4-6-13(16)11(12)9-14(10-17)7-2-1-3-8-14/h4-6H,1-3,7-9H2. The smallest absolute Gasteiger partial charge is 0.129 e. The summed E-state index contributed by atoms with van der Waals surface area (Å²) in [5.74, 6) is -1.07. The van der Waals surface area contributed by atoms with Gasteiger partial charge in [0.25, 0.3) is 0 Å². The summed E-state index contributed by atoms with van der Waals surface area (Å²) in [5.41, 5.74) is -0.502. The first-order chi connectivity index (χ1) is 8.17. The van der Waals surface area contributed by atoms with Gasteiger partial charge in [0.1, 0.15) is 11.6 Å². The summed E-state index contributed by atoms with van der Waals surface area (Å²) in [5, 5.41) is 9.29. The van der Waals surface area contributed by atoms with Crippen molar-refractivity contribution in [1.82, 2.24) is 0 Å². The molecule has 1 saturated carbocycles. The molecule has 0 heterocycles. The summed E-state index contributed by atoms with van der Waals surface area (Å²) in [4.78, 5) is 0. The van der Waals surface area contributed by atoms with Crippen LogP contribution in [0.25, 0.3) is 0 Å². The SMILES string of the molecule is N#CC1(Cc2c(F)cccc2F)CCCCC1. The molecule has 1 aromatic carbocycles. The van der Waals surface area contributed by atoms with Crippen molar-refractivity contribution in [2.75, 3.05) is 0 Å². The first-order valence-corrected chi connectivity index (χ1v) is 6.01. The van der Waals surface area contributed by atoms with Crippen molar-refractivity contribution in [3.8, 4) is 6.07 Å². The van der Waals surface area contributed by atoms with E-state index < -0.39 is 17.0 Å². The second-order valence-corrected chi connectivity index (χ2v) is 4.83. The maximum Gasteiger partial charge on any atom is 0.129 e. The summed E-state index contributed by atoms with van der Waals surface area (Å²) in [6, 6.07) is 6.15. The molecule has 0 bridgehead atoms. The van der Waals surface area contributed by atoms with E-state index in [0.29, 0.717) is 0 Å². The highest BCUT2D eigenvalue weighted by molar-refractivity contribution is 5.23. The van der Waals surface area contributed by atoms with Gasteiger partial charge in [-0.2, -0.15) is 5.26 Å². The van der Waals surface area contributed by atoms with E-state index in [1.807, 2.05) is 0 Å². The zero-order valence-electron chi connectivity index (χ0n) is 9.68. The van der Waals surface area contributed by atoms with Crippen molar-refractivity contribution in [1.29, 1.82) is 5.26 Å². The molecule has 0 unspecified atom stereocenters. The predicted molar refractivity (Wildman–Crippen MR) is 61.2 cm³/mol. The summed E-state index contributed by atoms with van der Waals surface area (Å²) in [7, 11) is 0. The summed E-state index contributed by atoms with van der Waals surface area (Å²) < 4.78 is 27.1. The lowest BCUT2D eigenvalue weighted by Gasteiger charge is -2.30. The first kappa shape index (κ1) is 12.0. The molecular formula is C14H15F2N. The molecule has 3 heteroatoms. The van der Waals surface area contributed by atoms with Gasteiger partial charge < -0.3 is 0 Å².